The Labute approximate surface area is 192 Å². The fraction of sp³-hybridized carbons (Fsp3) is 0.125. The van der Waals surface area contributed by atoms with E-state index in [9.17, 15) is 9.18 Å². The fourth-order valence-corrected chi connectivity index (χ4v) is 4.18. The van der Waals surface area contributed by atoms with Gasteiger partial charge >= 0.3 is 6.09 Å². The fourth-order valence-electron chi connectivity index (χ4n) is 4.18. The van der Waals surface area contributed by atoms with E-state index in [4.69, 9.17) is 9.72 Å². The molecule has 168 valence electrons. The third-order valence-electron chi connectivity index (χ3n) is 5.83. The zero-order valence-corrected chi connectivity index (χ0v) is 17.8. The minimum Gasteiger partial charge on any atom is -0.447 e. The molecular formula is C24H18FN7O2. The van der Waals surface area contributed by atoms with Crippen molar-refractivity contribution in [2.24, 2.45) is 0 Å². The van der Waals surface area contributed by atoms with Gasteiger partial charge in [0.2, 0.25) is 0 Å². The number of carbonyl (C=O) groups is 1. The standard InChI is InChI=1S/C24H18FN7O2/c25-20-11-16(6-7-18(20)22-26-14-27-30-22)19-12-28-31-9-8-21(29-23(19)31)32-17(13-34-24(32)33)10-15-4-2-1-3-5-15/h1-9,11-12,14,17H,10,13H2,(H,26,27,30). The van der Waals surface area contributed by atoms with Gasteiger partial charge in [-0.3, -0.25) is 10.00 Å². The van der Waals surface area contributed by atoms with E-state index in [0.29, 0.717) is 40.4 Å². The Morgan fingerprint density at radius 2 is 2.00 bits per heavy atom. The Hall–Kier alpha value is -4.60. The van der Waals surface area contributed by atoms with Crippen LogP contribution in [0.15, 0.2) is 73.3 Å². The molecule has 4 heterocycles. The van der Waals surface area contributed by atoms with Crippen molar-refractivity contribution in [3.05, 3.63) is 84.7 Å². The molecule has 3 aromatic heterocycles. The lowest BCUT2D eigenvalue weighted by Gasteiger charge is -2.20. The summed E-state index contributed by atoms with van der Waals surface area (Å²) in [6, 6.07) is 16.3. The van der Waals surface area contributed by atoms with E-state index in [0.717, 1.165) is 5.56 Å². The second-order valence-corrected chi connectivity index (χ2v) is 7.93. The molecule has 2 aromatic carbocycles. The summed E-state index contributed by atoms with van der Waals surface area (Å²) >= 11 is 0. The minimum atomic E-state index is -0.448. The van der Waals surface area contributed by atoms with E-state index >= 15 is 0 Å². The Kier molecular flexibility index (Phi) is 4.76. The van der Waals surface area contributed by atoms with Crippen molar-refractivity contribution in [2.45, 2.75) is 12.5 Å². The van der Waals surface area contributed by atoms with Gasteiger partial charge < -0.3 is 4.74 Å². The van der Waals surface area contributed by atoms with E-state index < -0.39 is 11.9 Å². The molecule has 34 heavy (non-hydrogen) atoms. The van der Waals surface area contributed by atoms with Crippen LogP contribution in [0.5, 0.6) is 0 Å². The molecule has 0 spiro atoms. The lowest BCUT2D eigenvalue weighted by atomic mass is 10.1. The molecule has 0 bridgehead atoms. The first kappa shape index (κ1) is 20.0. The van der Waals surface area contributed by atoms with Crippen LogP contribution in [0.4, 0.5) is 15.0 Å². The predicted molar refractivity (Wildman–Crippen MR) is 122 cm³/mol. The normalized spacial score (nSPS) is 15.7. The topological polar surface area (TPSA) is 101 Å². The summed E-state index contributed by atoms with van der Waals surface area (Å²) < 4.78 is 21.8. The Balaban J connectivity index is 1.36. The van der Waals surface area contributed by atoms with Crippen LogP contribution in [-0.2, 0) is 11.2 Å². The van der Waals surface area contributed by atoms with Crippen molar-refractivity contribution in [3.8, 4) is 22.5 Å². The molecule has 1 N–H and O–H groups in total. The van der Waals surface area contributed by atoms with E-state index in [1.54, 1.807) is 40.0 Å². The van der Waals surface area contributed by atoms with Crippen molar-refractivity contribution in [2.75, 3.05) is 11.5 Å². The molecule has 1 amide bonds. The van der Waals surface area contributed by atoms with Gasteiger partial charge in [0.05, 0.1) is 17.8 Å². The number of aromatic nitrogens is 6. The van der Waals surface area contributed by atoms with Gasteiger partial charge in [-0.15, -0.1) is 0 Å². The maximum absolute atomic E-state index is 14.8. The van der Waals surface area contributed by atoms with Crippen LogP contribution >= 0.6 is 0 Å². The smallest absolute Gasteiger partial charge is 0.415 e. The molecule has 1 fully saturated rings. The summed E-state index contributed by atoms with van der Waals surface area (Å²) in [4.78, 5) is 22.9. The molecule has 1 atom stereocenters. The van der Waals surface area contributed by atoms with E-state index in [1.807, 2.05) is 30.3 Å². The number of benzene rings is 2. The number of nitrogens with one attached hydrogen (secondary N) is 1. The summed E-state index contributed by atoms with van der Waals surface area (Å²) in [6.07, 6.45) is 4.87. The highest BCUT2D eigenvalue weighted by Gasteiger charge is 2.35. The summed E-state index contributed by atoms with van der Waals surface area (Å²) in [7, 11) is 0. The van der Waals surface area contributed by atoms with E-state index in [2.05, 4.69) is 20.3 Å². The Morgan fingerprint density at radius 1 is 1.12 bits per heavy atom. The number of ether oxygens (including phenoxy) is 1. The molecule has 6 rings (SSSR count). The average Bonchev–Trinajstić information content (AvgIpc) is 3.60. The lowest BCUT2D eigenvalue weighted by Crippen LogP contribution is -2.35. The van der Waals surface area contributed by atoms with Crippen LogP contribution in [0.2, 0.25) is 0 Å². The molecule has 0 radical (unpaired) electrons. The monoisotopic (exact) mass is 455 g/mol. The number of hydrogen-bond donors (Lipinski definition) is 1. The largest absolute Gasteiger partial charge is 0.447 e. The first-order chi connectivity index (χ1) is 16.7. The molecular weight excluding hydrogens is 437 g/mol. The third kappa shape index (κ3) is 3.45. The quantitative estimate of drug-likeness (QED) is 0.432. The Morgan fingerprint density at radius 3 is 2.79 bits per heavy atom. The SMILES string of the molecule is O=C1OCC(Cc2ccccc2)N1c1ccn2ncc(-c3ccc(-c4ncn[nH]4)c(F)c3)c2n1. The number of H-pyrrole nitrogens is 1. The second-order valence-electron chi connectivity index (χ2n) is 7.93. The second kappa shape index (κ2) is 8.07. The average molecular weight is 455 g/mol. The number of hydrogen-bond acceptors (Lipinski definition) is 6. The van der Waals surface area contributed by atoms with Crippen LogP contribution in [0.25, 0.3) is 28.2 Å². The van der Waals surface area contributed by atoms with E-state index in [1.165, 1.54) is 12.4 Å². The van der Waals surface area contributed by atoms with Gasteiger partial charge in [0.25, 0.3) is 0 Å². The number of cyclic esters (lactones) is 1. The van der Waals surface area contributed by atoms with Crippen LogP contribution in [0.3, 0.4) is 0 Å². The van der Waals surface area contributed by atoms with Gasteiger partial charge in [0.15, 0.2) is 11.5 Å². The highest BCUT2D eigenvalue weighted by Crippen LogP contribution is 2.30. The maximum atomic E-state index is 14.8. The number of nitrogens with zero attached hydrogens (tertiary/aromatic N) is 6. The van der Waals surface area contributed by atoms with Crippen LogP contribution in [0.1, 0.15) is 5.56 Å². The zero-order valence-electron chi connectivity index (χ0n) is 17.8. The number of fused-ring (bicyclic) bond motifs is 1. The van der Waals surface area contributed by atoms with E-state index in [-0.39, 0.29) is 12.6 Å². The third-order valence-corrected chi connectivity index (χ3v) is 5.83. The summed E-state index contributed by atoms with van der Waals surface area (Å²) in [6.45, 7) is 0.279. The van der Waals surface area contributed by atoms with Gasteiger partial charge in [0, 0.05) is 11.8 Å². The number of anilines is 1. The molecule has 0 aliphatic carbocycles. The molecule has 1 unspecified atom stereocenters. The minimum absolute atomic E-state index is 0.185. The number of amides is 1. The summed E-state index contributed by atoms with van der Waals surface area (Å²) in [5, 5.41) is 10.8. The molecule has 1 saturated heterocycles. The van der Waals surface area contributed by atoms with Gasteiger partial charge in [-0.1, -0.05) is 36.4 Å². The van der Waals surface area contributed by atoms with Gasteiger partial charge in [-0.2, -0.15) is 10.2 Å². The first-order valence-electron chi connectivity index (χ1n) is 10.7. The maximum Gasteiger partial charge on any atom is 0.415 e. The van der Waals surface area contributed by atoms with Crippen LogP contribution < -0.4 is 4.90 Å². The molecule has 0 saturated carbocycles. The number of aromatic amines is 1. The van der Waals surface area contributed by atoms with Gasteiger partial charge in [-0.05, 0) is 35.7 Å². The molecule has 1 aliphatic heterocycles. The van der Waals surface area contributed by atoms with Crippen molar-refractivity contribution in [1.82, 2.24) is 29.8 Å². The molecule has 1 aliphatic rings. The number of halogens is 1. The first-order valence-corrected chi connectivity index (χ1v) is 10.7. The van der Waals surface area contributed by atoms with Gasteiger partial charge in [0.1, 0.15) is 24.6 Å². The number of carbonyl (C=O) groups excluding carboxylic acids is 1. The Bertz CT molecular complexity index is 1480. The van der Waals surface area contributed by atoms with Gasteiger partial charge in [-0.25, -0.2) is 23.7 Å². The van der Waals surface area contributed by atoms with Crippen LogP contribution in [-0.4, -0.2) is 48.5 Å². The molecule has 10 heteroatoms. The van der Waals surface area contributed by atoms with Crippen molar-refractivity contribution in [1.29, 1.82) is 0 Å². The van der Waals surface area contributed by atoms with Crippen molar-refractivity contribution >= 4 is 17.6 Å². The van der Waals surface area contributed by atoms with Crippen molar-refractivity contribution < 1.29 is 13.9 Å². The molecule has 9 nitrogen and oxygen atoms in total. The van der Waals surface area contributed by atoms with Crippen molar-refractivity contribution in [3.63, 3.8) is 0 Å². The lowest BCUT2D eigenvalue weighted by molar-refractivity contribution is 0.178. The summed E-state index contributed by atoms with van der Waals surface area (Å²) in [5.74, 6) is 0.355. The summed E-state index contributed by atoms with van der Waals surface area (Å²) in [5.41, 5.74) is 3.16. The zero-order chi connectivity index (χ0) is 23.1. The van der Waals surface area contributed by atoms with Crippen LogP contribution in [0, 0.1) is 5.82 Å². The number of rotatable bonds is 5. The highest BCUT2D eigenvalue weighted by atomic mass is 19.1. The molecule has 5 aromatic rings. The highest BCUT2D eigenvalue weighted by molar-refractivity contribution is 5.90. The predicted octanol–water partition coefficient (Wildman–Crippen LogP) is 3.89.